The molecule has 1 aromatic heterocycles. The number of pyridine rings is 1. The lowest BCUT2D eigenvalue weighted by molar-refractivity contribution is 0.0491. The number of hydrogen-bond acceptors (Lipinski definition) is 3. The molecular weight excluding hydrogens is 394 g/mol. The summed E-state index contributed by atoms with van der Waals surface area (Å²) in [7, 11) is 0. The zero-order valence-electron chi connectivity index (χ0n) is 19.6. The fraction of sp³-hybridized carbons (Fsp3) is 0.500. The van der Waals surface area contributed by atoms with Crippen LogP contribution in [0.15, 0.2) is 66.9 Å². The largest absolute Gasteiger partial charge is 0.331 e. The maximum atomic E-state index is 13.6. The van der Waals surface area contributed by atoms with E-state index in [2.05, 4.69) is 71.1 Å². The maximum absolute atomic E-state index is 13.6. The van der Waals surface area contributed by atoms with Crippen LogP contribution in [-0.4, -0.2) is 52.4 Å². The van der Waals surface area contributed by atoms with Gasteiger partial charge in [-0.15, -0.1) is 0 Å². The Labute approximate surface area is 193 Å². The smallest absolute Gasteiger partial charge is 0.272 e. The number of rotatable bonds is 9. The van der Waals surface area contributed by atoms with Crippen molar-refractivity contribution in [3.63, 3.8) is 0 Å². The highest BCUT2D eigenvalue weighted by Crippen LogP contribution is 2.36. The van der Waals surface area contributed by atoms with Crippen LogP contribution in [0, 0.1) is 11.8 Å². The van der Waals surface area contributed by atoms with E-state index in [1.54, 1.807) is 6.20 Å². The summed E-state index contributed by atoms with van der Waals surface area (Å²) < 4.78 is 0. The molecule has 32 heavy (non-hydrogen) atoms. The molecule has 4 rings (SSSR count). The van der Waals surface area contributed by atoms with E-state index < -0.39 is 0 Å². The molecule has 2 heterocycles. The minimum absolute atomic E-state index is 0.108. The SMILES string of the molecule is CC(C)C=CCN1CCC(C(Cc2ccccc2)N(C(=O)c2ccccn2)C2CC2)CC1. The van der Waals surface area contributed by atoms with E-state index in [-0.39, 0.29) is 11.9 Å². The lowest BCUT2D eigenvalue weighted by Gasteiger charge is -2.41. The molecule has 170 valence electrons. The fourth-order valence-corrected chi connectivity index (χ4v) is 4.91. The van der Waals surface area contributed by atoms with Crippen LogP contribution in [-0.2, 0) is 6.42 Å². The highest BCUT2D eigenvalue weighted by molar-refractivity contribution is 5.93. The number of aromatic nitrogens is 1. The van der Waals surface area contributed by atoms with Crippen molar-refractivity contribution in [1.82, 2.24) is 14.8 Å². The Bertz CT molecular complexity index is 868. The second-order valence-corrected chi connectivity index (χ2v) is 9.73. The topological polar surface area (TPSA) is 36.4 Å². The average Bonchev–Trinajstić information content (AvgIpc) is 3.65. The predicted molar refractivity (Wildman–Crippen MR) is 131 cm³/mol. The van der Waals surface area contributed by atoms with Crippen molar-refractivity contribution in [3.05, 3.63) is 78.1 Å². The van der Waals surface area contributed by atoms with Crippen molar-refractivity contribution in [2.24, 2.45) is 11.8 Å². The van der Waals surface area contributed by atoms with Crippen LogP contribution in [0.25, 0.3) is 0 Å². The molecule has 1 amide bonds. The number of amides is 1. The van der Waals surface area contributed by atoms with Crippen LogP contribution in [0.5, 0.6) is 0 Å². The van der Waals surface area contributed by atoms with E-state index in [4.69, 9.17) is 0 Å². The van der Waals surface area contributed by atoms with Gasteiger partial charge in [0.1, 0.15) is 5.69 Å². The van der Waals surface area contributed by atoms with Crippen molar-refractivity contribution >= 4 is 5.91 Å². The zero-order valence-corrected chi connectivity index (χ0v) is 19.6. The molecule has 0 radical (unpaired) electrons. The van der Waals surface area contributed by atoms with Crippen LogP contribution >= 0.6 is 0 Å². The lowest BCUT2D eigenvalue weighted by atomic mass is 9.84. The summed E-state index contributed by atoms with van der Waals surface area (Å²) in [4.78, 5) is 22.8. The standard InChI is InChI=1S/C28H37N3O/c1-22(2)9-8-18-30-19-15-24(16-20-30)27(21-23-10-4-3-5-11-23)31(25-13-14-25)28(32)26-12-6-7-17-29-26/h3-12,17,22,24-25,27H,13-16,18-21H2,1-2H3. The summed E-state index contributed by atoms with van der Waals surface area (Å²) >= 11 is 0. The van der Waals surface area contributed by atoms with Gasteiger partial charge < -0.3 is 4.90 Å². The van der Waals surface area contributed by atoms with Crippen LogP contribution in [0.2, 0.25) is 0 Å². The van der Waals surface area contributed by atoms with Gasteiger partial charge in [0.25, 0.3) is 5.91 Å². The number of carbonyl (C=O) groups is 1. The summed E-state index contributed by atoms with van der Waals surface area (Å²) in [6.07, 6.45) is 11.8. The Morgan fingerprint density at radius 1 is 1.06 bits per heavy atom. The molecule has 1 atom stereocenters. The molecule has 2 aliphatic rings. The third kappa shape index (κ3) is 6.07. The van der Waals surface area contributed by atoms with Gasteiger partial charge in [0.2, 0.25) is 0 Å². The molecule has 1 saturated carbocycles. The van der Waals surface area contributed by atoms with Crippen molar-refractivity contribution in [2.75, 3.05) is 19.6 Å². The molecule has 1 aliphatic carbocycles. The Morgan fingerprint density at radius 2 is 1.78 bits per heavy atom. The number of nitrogens with zero attached hydrogens (tertiary/aromatic N) is 3. The Kier molecular flexibility index (Phi) is 7.75. The van der Waals surface area contributed by atoms with Gasteiger partial charge in [0, 0.05) is 24.8 Å². The van der Waals surface area contributed by atoms with E-state index in [1.165, 1.54) is 5.56 Å². The first kappa shape index (κ1) is 22.7. The third-order valence-electron chi connectivity index (χ3n) is 6.76. The van der Waals surface area contributed by atoms with E-state index in [0.717, 1.165) is 51.7 Å². The molecule has 0 N–H and O–H groups in total. The first-order chi connectivity index (χ1) is 15.6. The second-order valence-electron chi connectivity index (χ2n) is 9.73. The number of piperidine rings is 1. The minimum atomic E-state index is 0.108. The minimum Gasteiger partial charge on any atom is -0.331 e. The first-order valence-corrected chi connectivity index (χ1v) is 12.3. The highest BCUT2D eigenvalue weighted by Gasteiger charge is 2.41. The van der Waals surface area contributed by atoms with E-state index in [0.29, 0.717) is 23.6 Å². The molecule has 2 fully saturated rings. The molecule has 1 aliphatic heterocycles. The fourth-order valence-electron chi connectivity index (χ4n) is 4.91. The number of hydrogen-bond donors (Lipinski definition) is 0. The van der Waals surface area contributed by atoms with Gasteiger partial charge in [0.05, 0.1) is 0 Å². The van der Waals surface area contributed by atoms with Crippen LogP contribution in [0.3, 0.4) is 0 Å². The summed E-state index contributed by atoms with van der Waals surface area (Å²) in [6, 6.07) is 16.9. The quantitative estimate of drug-likeness (QED) is 0.511. The maximum Gasteiger partial charge on any atom is 0.272 e. The monoisotopic (exact) mass is 431 g/mol. The van der Waals surface area contributed by atoms with Crippen molar-refractivity contribution in [1.29, 1.82) is 0 Å². The summed E-state index contributed by atoms with van der Waals surface area (Å²) in [5, 5.41) is 0. The molecule has 0 bridgehead atoms. The normalized spacial score (nSPS) is 18.8. The van der Waals surface area contributed by atoms with Crippen molar-refractivity contribution in [2.45, 2.75) is 58.0 Å². The van der Waals surface area contributed by atoms with Crippen LogP contribution < -0.4 is 0 Å². The number of likely N-dealkylation sites (tertiary alicyclic amines) is 1. The number of carbonyl (C=O) groups excluding carboxylic acids is 1. The van der Waals surface area contributed by atoms with Crippen molar-refractivity contribution in [3.8, 4) is 0 Å². The lowest BCUT2D eigenvalue weighted by Crippen LogP contribution is -2.50. The third-order valence-corrected chi connectivity index (χ3v) is 6.76. The van der Waals surface area contributed by atoms with Gasteiger partial charge in [-0.25, -0.2) is 0 Å². The summed E-state index contributed by atoms with van der Waals surface area (Å²) in [5.74, 6) is 1.23. The van der Waals surface area contributed by atoms with Crippen LogP contribution in [0.1, 0.15) is 55.6 Å². The predicted octanol–water partition coefficient (Wildman–Crippen LogP) is 5.22. The van der Waals surface area contributed by atoms with E-state index >= 15 is 0 Å². The first-order valence-electron chi connectivity index (χ1n) is 12.3. The molecule has 1 aromatic carbocycles. The molecule has 2 aromatic rings. The van der Waals surface area contributed by atoms with Crippen molar-refractivity contribution < 1.29 is 4.79 Å². The van der Waals surface area contributed by atoms with Gasteiger partial charge in [-0.1, -0.05) is 62.4 Å². The van der Waals surface area contributed by atoms with Gasteiger partial charge in [-0.2, -0.15) is 0 Å². The summed E-state index contributed by atoms with van der Waals surface area (Å²) in [6.45, 7) is 7.70. The van der Waals surface area contributed by atoms with Gasteiger partial charge in [-0.05, 0) is 74.7 Å². The van der Waals surface area contributed by atoms with E-state index in [1.807, 2.05) is 18.2 Å². The average molecular weight is 432 g/mol. The molecule has 1 saturated heterocycles. The Hall–Kier alpha value is -2.46. The highest BCUT2D eigenvalue weighted by atomic mass is 16.2. The Balaban J connectivity index is 1.52. The molecular formula is C28H37N3O. The number of benzene rings is 1. The van der Waals surface area contributed by atoms with Gasteiger partial charge >= 0.3 is 0 Å². The Morgan fingerprint density at radius 3 is 2.41 bits per heavy atom. The second kappa shape index (κ2) is 10.9. The zero-order chi connectivity index (χ0) is 22.3. The van der Waals surface area contributed by atoms with Gasteiger partial charge in [-0.3, -0.25) is 14.7 Å². The molecule has 4 heteroatoms. The van der Waals surface area contributed by atoms with Gasteiger partial charge in [0.15, 0.2) is 0 Å². The molecule has 1 unspecified atom stereocenters. The van der Waals surface area contributed by atoms with E-state index in [9.17, 15) is 4.79 Å². The molecule has 4 nitrogen and oxygen atoms in total. The number of allylic oxidation sites excluding steroid dienone is 1. The summed E-state index contributed by atoms with van der Waals surface area (Å²) in [5.41, 5.74) is 1.90. The van der Waals surface area contributed by atoms with Crippen LogP contribution in [0.4, 0.5) is 0 Å². The molecule has 0 spiro atoms.